The van der Waals surface area contributed by atoms with E-state index in [1.807, 2.05) is 55.0 Å². The Hall–Kier alpha value is -2.64. The normalized spacial score (nSPS) is 11.6. The zero-order valence-electron chi connectivity index (χ0n) is 13.6. The van der Waals surface area contributed by atoms with Gasteiger partial charge in [-0.15, -0.1) is 22.7 Å². The Labute approximate surface area is 152 Å². The number of nitrogens with zero attached hydrogens (tertiary/aromatic N) is 4. The Morgan fingerprint density at radius 3 is 2.76 bits per heavy atom. The molecule has 0 aliphatic rings. The molecule has 0 saturated heterocycles. The third-order valence-electron chi connectivity index (χ3n) is 3.77. The zero-order chi connectivity index (χ0) is 17.4. The Balaban J connectivity index is 1.96. The highest BCUT2D eigenvalue weighted by Crippen LogP contribution is 2.20. The molecule has 5 nitrogen and oxygen atoms in total. The molecule has 4 aromatic heterocycles. The van der Waals surface area contributed by atoms with Crippen LogP contribution in [0.1, 0.15) is 22.2 Å². The van der Waals surface area contributed by atoms with Gasteiger partial charge in [0, 0.05) is 11.6 Å². The van der Waals surface area contributed by atoms with E-state index in [0.717, 1.165) is 22.1 Å². The minimum Gasteiger partial charge on any atom is -0.267 e. The number of aromatic nitrogens is 4. The van der Waals surface area contributed by atoms with Gasteiger partial charge in [-0.1, -0.05) is 0 Å². The van der Waals surface area contributed by atoms with Crippen LogP contribution in [0.25, 0.3) is 28.1 Å². The molecule has 0 N–H and O–H groups in total. The van der Waals surface area contributed by atoms with Gasteiger partial charge in [0.2, 0.25) is 0 Å². The minimum absolute atomic E-state index is 0.0785. The summed E-state index contributed by atoms with van der Waals surface area (Å²) in [5.41, 5.74) is 3.01. The van der Waals surface area contributed by atoms with Gasteiger partial charge in [-0.25, -0.2) is 9.97 Å². The summed E-state index contributed by atoms with van der Waals surface area (Å²) >= 11 is 2.99. The monoisotopic (exact) mass is 366 g/mol. The molecule has 0 amide bonds. The number of hydrogen-bond acceptors (Lipinski definition) is 6. The Morgan fingerprint density at radius 1 is 1.12 bits per heavy atom. The SMILES string of the molecule is Cc1nc(/C=C/c2nc3ccsc3c(=O)n2-c2cccnc2C)cs1. The van der Waals surface area contributed by atoms with Gasteiger partial charge < -0.3 is 0 Å². The number of rotatable bonds is 3. The molecule has 0 aromatic carbocycles. The third-order valence-corrected chi connectivity index (χ3v) is 5.45. The van der Waals surface area contributed by atoms with Crippen LogP contribution in [0.4, 0.5) is 0 Å². The lowest BCUT2D eigenvalue weighted by molar-refractivity contribution is 0.922. The summed E-state index contributed by atoms with van der Waals surface area (Å²) in [6.45, 7) is 3.85. The van der Waals surface area contributed by atoms with Crippen molar-refractivity contribution in [3.05, 3.63) is 67.7 Å². The van der Waals surface area contributed by atoms with Crippen molar-refractivity contribution in [2.45, 2.75) is 13.8 Å². The molecule has 0 atom stereocenters. The lowest BCUT2D eigenvalue weighted by Crippen LogP contribution is -2.22. The first-order valence-electron chi connectivity index (χ1n) is 7.66. The molecule has 4 rings (SSSR count). The molecule has 0 saturated carbocycles. The standard InChI is InChI=1S/C18H14N4OS2/c1-11-15(4-3-8-19-11)22-16(6-5-13-10-25-12(2)20-13)21-14-7-9-24-17(14)18(22)23/h3-10H,1-2H3/b6-5+. The first-order valence-corrected chi connectivity index (χ1v) is 9.42. The Kier molecular flexibility index (Phi) is 4.03. The first kappa shape index (κ1) is 15.9. The number of pyridine rings is 1. The van der Waals surface area contributed by atoms with E-state index in [-0.39, 0.29) is 5.56 Å². The van der Waals surface area contributed by atoms with Crippen LogP contribution in [0.3, 0.4) is 0 Å². The molecular weight excluding hydrogens is 352 g/mol. The fourth-order valence-electron chi connectivity index (χ4n) is 2.60. The Bertz CT molecular complexity index is 1150. The molecule has 0 unspecified atom stereocenters. The third kappa shape index (κ3) is 2.92. The van der Waals surface area contributed by atoms with Crippen molar-refractivity contribution in [3.8, 4) is 5.69 Å². The molecule has 0 radical (unpaired) electrons. The van der Waals surface area contributed by atoms with Crippen LogP contribution in [0, 0.1) is 13.8 Å². The van der Waals surface area contributed by atoms with E-state index in [1.54, 1.807) is 22.1 Å². The van der Waals surface area contributed by atoms with Gasteiger partial charge >= 0.3 is 0 Å². The van der Waals surface area contributed by atoms with Crippen LogP contribution in [0.15, 0.2) is 40.0 Å². The van der Waals surface area contributed by atoms with Gasteiger partial charge in [-0.3, -0.25) is 14.3 Å². The topological polar surface area (TPSA) is 60.7 Å². The average molecular weight is 366 g/mol. The van der Waals surface area contributed by atoms with Crippen molar-refractivity contribution in [2.75, 3.05) is 0 Å². The number of aryl methyl sites for hydroxylation is 2. The van der Waals surface area contributed by atoms with Crippen LogP contribution < -0.4 is 5.56 Å². The van der Waals surface area contributed by atoms with Crippen LogP contribution in [-0.2, 0) is 0 Å². The summed E-state index contributed by atoms with van der Waals surface area (Å²) in [7, 11) is 0. The van der Waals surface area contributed by atoms with Crippen molar-refractivity contribution in [3.63, 3.8) is 0 Å². The fraction of sp³-hybridized carbons (Fsp3) is 0.111. The predicted octanol–water partition coefficient (Wildman–Crippen LogP) is 4.09. The molecule has 0 aliphatic carbocycles. The van der Waals surface area contributed by atoms with Crippen molar-refractivity contribution in [1.82, 2.24) is 19.5 Å². The average Bonchev–Trinajstić information content (AvgIpc) is 3.23. The lowest BCUT2D eigenvalue weighted by atomic mass is 10.3. The maximum Gasteiger partial charge on any atom is 0.276 e. The molecule has 124 valence electrons. The summed E-state index contributed by atoms with van der Waals surface area (Å²) < 4.78 is 2.27. The van der Waals surface area contributed by atoms with Gasteiger partial charge in [-0.2, -0.15) is 0 Å². The second-order valence-electron chi connectivity index (χ2n) is 5.48. The van der Waals surface area contributed by atoms with Crippen molar-refractivity contribution in [2.24, 2.45) is 0 Å². The van der Waals surface area contributed by atoms with Gasteiger partial charge in [0.05, 0.1) is 27.6 Å². The molecular formula is C18H14N4OS2. The lowest BCUT2D eigenvalue weighted by Gasteiger charge is -2.11. The van der Waals surface area contributed by atoms with Gasteiger partial charge in [-0.05, 0) is 49.6 Å². The first-order chi connectivity index (χ1) is 12.1. The summed E-state index contributed by atoms with van der Waals surface area (Å²) in [5.74, 6) is 0.567. The van der Waals surface area contributed by atoms with E-state index in [2.05, 4.69) is 15.0 Å². The quantitative estimate of drug-likeness (QED) is 0.548. The summed E-state index contributed by atoms with van der Waals surface area (Å²) in [6.07, 6.45) is 5.43. The largest absolute Gasteiger partial charge is 0.276 e. The molecule has 0 aliphatic heterocycles. The number of thiophene rings is 1. The van der Waals surface area contributed by atoms with Crippen molar-refractivity contribution in [1.29, 1.82) is 0 Å². The molecule has 4 aromatic rings. The van der Waals surface area contributed by atoms with Crippen molar-refractivity contribution >= 4 is 45.0 Å². The molecule has 0 spiro atoms. The fourth-order valence-corrected chi connectivity index (χ4v) is 3.94. The minimum atomic E-state index is -0.0785. The van der Waals surface area contributed by atoms with Crippen LogP contribution in [-0.4, -0.2) is 19.5 Å². The van der Waals surface area contributed by atoms with E-state index in [1.165, 1.54) is 11.3 Å². The number of fused-ring (bicyclic) bond motifs is 1. The summed E-state index contributed by atoms with van der Waals surface area (Å²) in [5, 5.41) is 4.87. The molecule has 25 heavy (non-hydrogen) atoms. The van der Waals surface area contributed by atoms with Crippen molar-refractivity contribution < 1.29 is 0 Å². The van der Waals surface area contributed by atoms with Crippen LogP contribution >= 0.6 is 22.7 Å². The number of hydrogen-bond donors (Lipinski definition) is 0. The summed E-state index contributed by atoms with van der Waals surface area (Å²) in [6, 6.07) is 5.58. The summed E-state index contributed by atoms with van der Waals surface area (Å²) in [4.78, 5) is 26.4. The maximum atomic E-state index is 13.0. The number of thiazole rings is 1. The molecule has 0 fully saturated rings. The molecule has 4 heterocycles. The van der Waals surface area contributed by atoms with Gasteiger partial charge in [0.15, 0.2) is 0 Å². The van der Waals surface area contributed by atoms with Crippen LogP contribution in [0.5, 0.6) is 0 Å². The smallest absolute Gasteiger partial charge is 0.267 e. The molecule has 0 bridgehead atoms. The highest BCUT2D eigenvalue weighted by atomic mass is 32.1. The predicted molar refractivity (Wildman–Crippen MR) is 104 cm³/mol. The van der Waals surface area contributed by atoms with E-state index >= 15 is 0 Å². The maximum absolute atomic E-state index is 13.0. The second-order valence-corrected chi connectivity index (χ2v) is 7.46. The van der Waals surface area contributed by atoms with E-state index in [0.29, 0.717) is 16.0 Å². The zero-order valence-corrected chi connectivity index (χ0v) is 15.3. The van der Waals surface area contributed by atoms with Gasteiger partial charge in [0.25, 0.3) is 5.56 Å². The van der Waals surface area contributed by atoms with Gasteiger partial charge in [0.1, 0.15) is 10.5 Å². The van der Waals surface area contributed by atoms with E-state index in [9.17, 15) is 4.79 Å². The van der Waals surface area contributed by atoms with E-state index < -0.39 is 0 Å². The highest BCUT2D eigenvalue weighted by Gasteiger charge is 2.14. The second kappa shape index (κ2) is 6.34. The van der Waals surface area contributed by atoms with Crippen LogP contribution in [0.2, 0.25) is 0 Å². The highest BCUT2D eigenvalue weighted by molar-refractivity contribution is 7.17. The Morgan fingerprint density at radius 2 is 2.00 bits per heavy atom. The van der Waals surface area contributed by atoms with E-state index in [4.69, 9.17) is 0 Å². The molecule has 7 heteroatoms.